The molecule has 2 N–H and O–H groups in total. The van der Waals surface area contributed by atoms with Gasteiger partial charge in [-0.3, -0.25) is 0 Å². The standard InChI is InChI=1S/C11H17ClN2O/c1-14(6-3-7-15-2)11-5-4-9(12)8-10(11)13/h4-5,8H,3,6-7,13H2,1-2H3. The number of benzene rings is 1. The fourth-order valence-electron chi connectivity index (χ4n) is 1.44. The second-order valence-electron chi connectivity index (χ2n) is 3.47. The van der Waals surface area contributed by atoms with Crippen LogP contribution in [-0.4, -0.2) is 27.3 Å². The van der Waals surface area contributed by atoms with E-state index < -0.39 is 0 Å². The van der Waals surface area contributed by atoms with E-state index in [-0.39, 0.29) is 0 Å². The molecule has 0 atom stereocenters. The molecule has 0 bridgehead atoms. The molecule has 3 nitrogen and oxygen atoms in total. The summed E-state index contributed by atoms with van der Waals surface area (Å²) < 4.78 is 5.00. The Morgan fingerprint density at radius 1 is 1.47 bits per heavy atom. The number of hydrogen-bond donors (Lipinski definition) is 1. The van der Waals surface area contributed by atoms with Gasteiger partial charge in [0.15, 0.2) is 0 Å². The second kappa shape index (κ2) is 5.83. The predicted octanol–water partition coefficient (Wildman–Crippen LogP) is 2.39. The van der Waals surface area contributed by atoms with Crippen LogP contribution in [0.1, 0.15) is 6.42 Å². The summed E-state index contributed by atoms with van der Waals surface area (Å²) in [5.41, 5.74) is 7.59. The summed E-state index contributed by atoms with van der Waals surface area (Å²) >= 11 is 5.83. The highest BCUT2D eigenvalue weighted by Crippen LogP contribution is 2.25. The lowest BCUT2D eigenvalue weighted by molar-refractivity contribution is 0.196. The molecule has 0 amide bonds. The monoisotopic (exact) mass is 228 g/mol. The van der Waals surface area contributed by atoms with Crippen LogP contribution in [0.3, 0.4) is 0 Å². The van der Waals surface area contributed by atoms with Gasteiger partial charge in [0.25, 0.3) is 0 Å². The molecule has 0 unspecified atom stereocenters. The van der Waals surface area contributed by atoms with E-state index >= 15 is 0 Å². The topological polar surface area (TPSA) is 38.5 Å². The lowest BCUT2D eigenvalue weighted by atomic mass is 10.2. The number of halogens is 1. The van der Waals surface area contributed by atoms with Crippen LogP contribution in [0.15, 0.2) is 18.2 Å². The van der Waals surface area contributed by atoms with Crippen molar-refractivity contribution < 1.29 is 4.74 Å². The molecule has 0 aliphatic heterocycles. The molecule has 0 radical (unpaired) electrons. The fraction of sp³-hybridized carbons (Fsp3) is 0.455. The average molecular weight is 229 g/mol. The summed E-state index contributed by atoms with van der Waals surface area (Å²) in [6.07, 6.45) is 0.981. The molecular weight excluding hydrogens is 212 g/mol. The van der Waals surface area contributed by atoms with Crippen LogP contribution in [0.2, 0.25) is 5.02 Å². The molecular formula is C11H17ClN2O. The molecule has 0 saturated heterocycles. The lowest BCUT2D eigenvalue weighted by Crippen LogP contribution is -2.20. The first-order chi connectivity index (χ1) is 7.15. The molecule has 0 aliphatic rings. The minimum atomic E-state index is 0.668. The first-order valence-corrected chi connectivity index (χ1v) is 5.28. The van der Waals surface area contributed by atoms with E-state index in [4.69, 9.17) is 22.1 Å². The number of ether oxygens (including phenoxy) is 1. The maximum absolute atomic E-state index is 5.87. The van der Waals surface area contributed by atoms with Gasteiger partial charge in [0.1, 0.15) is 0 Å². The zero-order valence-corrected chi connectivity index (χ0v) is 9.92. The van der Waals surface area contributed by atoms with E-state index in [0.29, 0.717) is 10.7 Å². The van der Waals surface area contributed by atoms with Gasteiger partial charge in [-0.15, -0.1) is 0 Å². The first-order valence-electron chi connectivity index (χ1n) is 4.90. The smallest absolute Gasteiger partial charge is 0.0598 e. The van der Waals surface area contributed by atoms with Crippen molar-refractivity contribution in [3.63, 3.8) is 0 Å². The van der Waals surface area contributed by atoms with E-state index in [9.17, 15) is 0 Å². The van der Waals surface area contributed by atoms with Crippen LogP contribution in [0.4, 0.5) is 11.4 Å². The van der Waals surface area contributed by atoms with E-state index in [0.717, 1.165) is 25.3 Å². The van der Waals surface area contributed by atoms with Crippen molar-refractivity contribution in [3.8, 4) is 0 Å². The Kier molecular flexibility index (Phi) is 4.72. The van der Waals surface area contributed by atoms with Crippen LogP contribution in [0.25, 0.3) is 0 Å². The van der Waals surface area contributed by atoms with Crippen LogP contribution in [0.5, 0.6) is 0 Å². The summed E-state index contributed by atoms with van der Waals surface area (Å²) in [5, 5.41) is 0.668. The highest BCUT2D eigenvalue weighted by Gasteiger charge is 2.04. The lowest BCUT2D eigenvalue weighted by Gasteiger charge is -2.20. The van der Waals surface area contributed by atoms with Crippen molar-refractivity contribution >= 4 is 23.0 Å². The number of nitrogens with zero attached hydrogens (tertiary/aromatic N) is 1. The quantitative estimate of drug-likeness (QED) is 0.621. The van der Waals surface area contributed by atoms with Crippen molar-refractivity contribution in [2.24, 2.45) is 0 Å². The summed E-state index contributed by atoms with van der Waals surface area (Å²) in [4.78, 5) is 2.10. The van der Waals surface area contributed by atoms with Crippen molar-refractivity contribution in [2.45, 2.75) is 6.42 Å². The Morgan fingerprint density at radius 2 is 2.20 bits per heavy atom. The summed E-state index contributed by atoms with van der Waals surface area (Å²) in [6.45, 7) is 1.68. The zero-order chi connectivity index (χ0) is 11.3. The Balaban J connectivity index is 2.61. The van der Waals surface area contributed by atoms with Gasteiger partial charge in [-0.2, -0.15) is 0 Å². The highest BCUT2D eigenvalue weighted by molar-refractivity contribution is 6.31. The molecule has 0 aromatic heterocycles. The van der Waals surface area contributed by atoms with Gasteiger partial charge in [-0.05, 0) is 24.6 Å². The molecule has 0 aliphatic carbocycles. The molecule has 84 valence electrons. The Hall–Kier alpha value is -0.930. The van der Waals surface area contributed by atoms with Crippen LogP contribution in [-0.2, 0) is 4.74 Å². The summed E-state index contributed by atoms with van der Waals surface area (Å²) in [5.74, 6) is 0. The molecule has 1 aromatic rings. The van der Waals surface area contributed by atoms with Gasteiger partial charge < -0.3 is 15.4 Å². The number of anilines is 2. The van der Waals surface area contributed by atoms with Crippen molar-refractivity contribution in [3.05, 3.63) is 23.2 Å². The summed E-state index contributed by atoms with van der Waals surface area (Å²) in [7, 11) is 3.71. The molecule has 1 aromatic carbocycles. The number of nitrogens with two attached hydrogens (primary N) is 1. The van der Waals surface area contributed by atoms with E-state index in [1.807, 2.05) is 19.2 Å². The third-order valence-electron chi connectivity index (χ3n) is 2.24. The minimum absolute atomic E-state index is 0.668. The van der Waals surface area contributed by atoms with E-state index in [1.54, 1.807) is 13.2 Å². The van der Waals surface area contributed by atoms with E-state index in [2.05, 4.69) is 4.90 Å². The molecule has 0 spiro atoms. The van der Waals surface area contributed by atoms with Crippen molar-refractivity contribution in [2.75, 3.05) is 37.9 Å². The SMILES string of the molecule is COCCCN(C)c1ccc(Cl)cc1N. The Bertz CT molecular complexity index is 317. The highest BCUT2D eigenvalue weighted by atomic mass is 35.5. The first kappa shape index (κ1) is 12.1. The van der Waals surface area contributed by atoms with Gasteiger partial charge in [-0.1, -0.05) is 11.6 Å². The van der Waals surface area contributed by atoms with Gasteiger partial charge in [0.2, 0.25) is 0 Å². The third-order valence-corrected chi connectivity index (χ3v) is 2.48. The van der Waals surface area contributed by atoms with Gasteiger partial charge >= 0.3 is 0 Å². The fourth-order valence-corrected chi connectivity index (χ4v) is 1.62. The number of methoxy groups -OCH3 is 1. The Labute approximate surface area is 95.8 Å². The molecule has 0 fully saturated rings. The van der Waals surface area contributed by atoms with Gasteiger partial charge in [0, 0.05) is 32.3 Å². The molecule has 0 heterocycles. The van der Waals surface area contributed by atoms with Gasteiger partial charge in [-0.25, -0.2) is 0 Å². The normalized spacial score (nSPS) is 10.3. The van der Waals surface area contributed by atoms with Crippen molar-refractivity contribution in [1.29, 1.82) is 0 Å². The molecule has 4 heteroatoms. The second-order valence-corrected chi connectivity index (χ2v) is 3.91. The van der Waals surface area contributed by atoms with Crippen LogP contribution < -0.4 is 10.6 Å². The average Bonchev–Trinajstić information content (AvgIpc) is 2.17. The number of nitrogen functional groups attached to an aromatic ring is 1. The van der Waals surface area contributed by atoms with Crippen molar-refractivity contribution in [1.82, 2.24) is 0 Å². The Morgan fingerprint density at radius 3 is 2.80 bits per heavy atom. The zero-order valence-electron chi connectivity index (χ0n) is 9.16. The molecule has 0 saturated carbocycles. The third kappa shape index (κ3) is 3.61. The predicted molar refractivity (Wildman–Crippen MR) is 65.6 cm³/mol. The summed E-state index contributed by atoms with van der Waals surface area (Å²) in [6, 6.07) is 5.55. The maximum Gasteiger partial charge on any atom is 0.0598 e. The van der Waals surface area contributed by atoms with Crippen LogP contribution in [0, 0.1) is 0 Å². The largest absolute Gasteiger partial charge is 0.397 e. The minimum Gasteiger partial charge on any atom is -0.397 e. The van der Waals surface area contributed by atoms with Gasteiger partial charge in [0.05, 0.1) is 11.4 Å². The molecule has 1 rings (SSSR count). The molecule has 15 heavy (non-hydrogen) atoms. The van der Waals surface area contributed by atoms with Crippen LogP contribution >= 0.6 is 11.6 Å². The maximum atomic E-state index is 5.87. The van der Waals surface area contributed by atoms with E-state index in [1.165, 1.54) is 0 Å². The number of hydrogen-bond acceptors (Lipinski definition) is 3. The number of rotatable bonds is 5.